The van der Waals surface area contributed by atoms with Crippen LogP contribution in [0.5, 0.6) is 17.2 Å². The van der Waals surface area contributed by atoms with Crippen LogP contribution in [0, 0.1) is 5.82 Å². The summed E-state index contributed by atoms with van der Waals surface area (Å²) in [4.78, 5) is 12.7. The summed E-state index contributed by atoms with van der Waals surface area (Å²) in [5.74, 6) is -0.532. The lowest BCUT2D eigenvalue weighted by atomic mass is 9.99. The number of carbonyl (C=O) groups excluding carboxylic acids is 1. The van der Waals surface area contributed by atoms with Gasteiger partial charge in [0.1, 0.15) is 11.6 Å². The number of methoxy groups -OCH3 is 1. The first-order valence-electron chi connectivity index (χ1n) is 7.78. The molecule has 1 aliphatic rings. The Labute approximate surface area is 147 Å². The fraction of sp³-hybridized carbons (Fsp3) is 0.211. The van der Waals surface area contributed by atoms with E-state index in [1.165, 1.54) is 37.4 Å². The van der Waals surface area contributed by atoms with Crippen molar-refractivity contribution in [1.82, 2.24) is 0 Å². The maximum Gasteiger partial charge on any atom is 0.387 e. The number of halogens is 3. The first-order valence-corrected chi connectivity index (χ1v) is 7.78. The molecule has 0 bridgehead atoms. The Morgan fingerprint density at radius 2 is 1.96 bits per heavy atom. The third-order valence-electron chi connectivity index (χ3n) is 3.85. The predicted molar refractivity (Wildman–Crippen MR) is 88.4 cm³/mol. The predicted octanol–water partition coefficient (Wildman–Crippen LogP) is 4.48. The molecule has 26 heavy (non-hydrogen) atoms. The van der Waals surface area contributed by atoms with Gasteiger partial charge >= 0.3 is 6.61 Å². The highest BCUT2D eigenvalue weighted by Crippen LogP contribution is 2.32. The van der Waals surface area contributed by atoms with Gasteiger partial charge in [0.05, 0.1) is 19.3 Å². The molecule has 2 aromatic rings. The lowest BCUT2D eigenvalue weighted by Crippen LogP contribution is -2.04. The molecule has 0 fully saturated rings. The number of hydrogen-bond acceptors (Lipinski definition) is 4. The van der Waals surface area contributed by atoms with Crippen molar-refractivity contribution in [2.24, 2.45) is 0 Å². The number of Topliss-reactive ketones (excluding diaryl/α,β-unsaturated/α-hetero) is 1. The summed E-state index contributed by atoms with van der Waals surface area (Å²) in [7, 11) is 1.33. The van der Waals surface area contributed by atoms with Crippen LogP contribution in [0.2, 0.25) is 0 Å². The second-order valence-electron chi connectivity index (χ2n) is 5.53. The maximum atomic E-state index is 13.5. The second-order valence-corrected chi connectivity index (χ2v) is 5.53. The SMILES string of the molecule is COc1cc(C=C2CCOc3ccc(F)cc3C2=O)ccc1OC(F)F. The number of ketones is 1. The van der Waals surface area contributed by atoms with Crippen molar-refractivity contribution in [2.45, 2.75) is 13.0 Å². The molecule has 0 amide bonds. The van der Waals surface area contributed by atoms with Crippen LogP contribution in [0.3, 0.4) is 0 Å². The van der Waals surface area contributed by atoms with Crippen LogP contribution in [0.25, 0.3) is 6.08 Å². The van der Waals surface area contributed by atoms with Crippen molar-refractivity contribution in [3.8, 4) is 17.2 Å². The van der Waals surface area contributed by atoms with E-state index < -0.39 is 12.4 Å². The first-order chi connectivity index (χ1) is 12.5. The Bertz CT molecular complexity index is 862. The molecule has 0 atom stereocenters. The lowest BCUT2D eigenvalue weighted by Gasteiger charge is -2.10. The molecule has 1 aliphatic heterocycles. The molecule has 3 rings (SSSR count). The van der Waals surface area contributed by atoms with E-state index in [1.807, 2.05) is 0 Å². The van der Waals surface area contributed by atoms with Crippen LogP contribution < -0.4 is 14.2 Å². The van der Waals surface area contributed by atoms with E-state index in [2.05, 4.69) is 4.74 Å². The average molecular weight is 364 g/mol. The van der Waals surface area contributed by atoms with E-state index in [4.69, 9.17) is 9.47 Å². The van der Waals surface area contributed by atoms with Crippen LogP contribution in [0.1, 0.15) is 22.3 Å². The van der Waals surface area contributed by atoms with Gasteiger partial charge in [-0.05, 0) is 42.0 Å². The van der Waals surface area contributed by atoms with Gasteiger partial charge in [-0.1, -0.05) is 6.07 Å². The molecule has 0 spiro atoms. The summed E-state index contributed by atoms with van der Waals surface area (Å²) in [6.45, 7) is -2.71. The number of fused-ring (bicyclic) bond motifs is 1. The zero-order valence-corrected chi connectivity index (χ0v) is 13.8. The number of alkyl halides is 2. The molecule has 0 N–H and O–H groups in total. The summed E-state index contributed by atoms with van der Waals surface area (Å²) in [6.07, 6.45) is 1.92. The summed E-state index contributed by atoms with van der Waals surface area (Å²) in [6, 6.07) is 8.13. The Hall–Kier alpha value is -2.96. The maximum absolute atomic E-state index is 13.5. The smallest absolute Gasteiger partial charge is 0.387 e. The van der Waals surface area contributed by atoms with Crippen LogP contribution in [-0.4, -0.2) is 26.1 Å². The topological polar surface area (TPSA) is 44.8 Å². The monoisotopic (exact) mass is 364 g/mol. The zero-order chi connectivity index (χ0) is 18.7. The molecular weight excluding hydrogens is 349 g/mol. The van der Waals surface area contributed by atoms with Gasteiger partial charge in [-0.15, -0.1) is 0 Å². The fourth-order valence-corrected chi connectivity index (χ4v) is 2.67. The number of ether oxygens (including phenoxy) is 3. The third kappa shape index (κ3) is 3.82. The molecule has 0 saturated heterocycles. The Morgan fingerprint density at radius 1 is 1.15 bits per heavy atom. The molecule has 4 nitrogen and oxygen atoms in total. The molecule has 7 heteroatoms. The van der Waals surface area contributed by atoms with Gasteiger partial charge < -0.3 is 14.2 Å². The van der Waals surface area contributed by atoms with E-state index in [1.54, 1.807) is 6.08 Å². The van der Waals surface area contributed by atoms with Gasteiger partial charge in [0.2, 0.25) is 0 Å². The van der Waals surface area contributed by atoms with Crippen molar-refractivity contribution in [3.05, 3.63) is 58.9 Å². The molecule has 0 aliphatic carbocycles. The molecule has 2 aromatic carbocycles. The van der Waals surface area contributed by atoms with Crippen molar-refractivity contribution >= 4 is 11.9 Å². The first kappa shape index (κ1) is 17.8. The van der Waals surface area contributed by atoms with Gasteiger partial charge in [0.15, 0.2) is 17.3 Å². The minimum Gasteiger partial charge on any atom is -0.493 e. The van der Waals surface area contributed by atoms with Crippen molar-refractivity contribution < 1.29 is 32.2 Å². The third-order valence-corrected chi connectivity index (χ3v) is 3.85. The summed E-state index contributed by atoms with van der Waals surface area (Å²) in [5.41, 5.74) is 1.13. The summed E-state index contributed by atoms with van der Waals surface area (Å²) >= 11 is 0. The molecule has 1 heterocycles. The quantitative estimate of drug-likeness (QED) is 0.750. The fourth-order valence-electron chi connectivity index (χ4n) is 2.67. The number of rotatable bonds is 4. The van der Waals surface area contributed by atoms with Crippen LogP contribution in [-0.2, 0) is 0 Å². The van der Waals surface area contributed by atoms with Crippen molar-refractivity contribution in [2.75, 3.05) is 13.7 Å². The molecule has 0 radical (unpaired) electrons. The van der Waals surface area contributed by atoms with Gasteiger partial charge in [-0.25, -0.2) is 4.39 Å². The average Bonchev–Trinajstić information content (AvgIpc) is 2.75. The van der Waals surface area contributed by atoms with Gasteiger partial charge in [0.25, 0.3) is 0 Å². The molecule has 136 valence electrons. The largest absolute Gasteiger partial charge is 0.493 e. The molecular formula is C19H15F3O4. The second kappa shape index (κ2) is 7.51. The summed E-state index contributed by atoms with van der Waals surface area (Å²) < 4.78 is 53.2. The Morgan fingerprint density at radius 3 is 2.69 bits per heavy atom. The van der Waals surface area contributed by atoms with Crippen LogP contribution in [0.4, 0.5) is 13.2 Å². The number of benzene rings is 2. The van der Waals surface area contributed by atoms with E-state index in [0.717, 1.165) is 6.07 Å². The molecule has 0 unspecified atom stereocenters. The van der Waals surface area contributed by atoms with E-state index in [0.29, 0.717) is 23.3 Å². The molecule has 0 saturated carbocycles. The minimum absolute atomic E-state index is 0.104. The Balaban J connectivity index is 1.95. The summed E-state index contributed by atoms with van der Waals surface area (Å²) in [5, 5.41) is 0. The van der Waals surface area contributed by atoms with Gasteiger partial charge in [-0.3, -0.25) is 4.79 Å². The zero-order valence-electron chi connectivity index (χ0n) is 13.8. The van der Waals surface area contributed by atoms with E-state index in [-0.39, 0.29) is 29.5 Å². The van der Waals surface area contributed by atoms with Gasteiger partial charge in [-0.2, -0.15) is 8.78 Å². The highest BCUT2D eigenvalue weighted by atomic mass is 19.3. The van der Waals surface area contributed by atoms with Crippen molar-refractivity contribution in [1.29, 1.82) is 0 Å². The highest BCUT2D eigenvalue weighted by molar-refractivity contribution is 6.13. The van der Waals surface area contributed by atoms with E-state index >= 15 is 0 Å². The minimum atomic E-state index is -2.97. The van der Waals surface area contributed by atoms with Gasteiger partial charge in [0, 0.05) is 12.0 Å². The van der Waals surface area contributed by atoms with Crippen LogP contribution >= 0.6 is 0 Å². The van der Waals surface area contributed by atoms with Crippen molar-refractivity contribution in [3.63, 3.8) is 0 Å². The lowest BCUT2D eigenvalue weighted by molar-refractivity contribution is -0.0512. The van der Waals surface area contributed by atoms with E-state index in [9.17, 15) is 18.0 Å². The normalized spacial score (nSPS) is 15.4. The Kier molecular flexibility index (Phi) is 5.16. The number of hydrogen-bond donors (Lipinski definition) is 0. The molecule has 0 aromatic heterocycles. The number of carbonyl (C=O) groups is 1. The van der Waals surface area contributed by atoms with Crippen LogP contribution in [0.15, 0.2) is 42.0 Å². The highest BCUT2D eigenvalue weighted by Gasteiger charge is 2.22. The standard InChI is InChI=1S/C19H15F3O4/c1-24-17-9-11(2-4-16(17)26-19(21)22)8-12-6-7-25-15-5-3-13(20)10-14(15)18(12)23/h2-5,8-10,19H,6-7H2,1H3.